The number of nitrogens with zero attached hydrogens (tertiary/aromatic N) is 3. The van der Waals surface area contributed by atoms with E-state index in [0.29, 0.717) is 5.56 Å². The van der Waals surface area contributed by atoms with E-state index in [0.717, 1.165) is 18.8 Å². The SMILES string of the molecule is CCN(CC)c1ccc(C(=O)N/N=C\c2ccc([N+](=O)[O-])o2)cc1. The van der Waals surface area contributed by atoms with Gasteiger partial charge >= 0.3 is 5.88 Å². The number of carbonyl (C=O) groups is 1. The lowest BCUT2D eigenvalue weighted by Gasteiger charge is -2.20. The van der Waals surface area contributed by atoms with Crippen molar-refractivity contribution in [1.29, 1.82) is 0 Å². The van der Waals surface area contributed by atoms with E-state index < -0.39 is 4.92 Å². The number of furan rings is 1. The Balaban J connectivity index is 1.96. The van der Waals surface area contributed by atoms with Gasteiger partial charge in [0.05, 0.1) is 12.3 Å². The van der Waals surface area contributed by atoms with Crippen LogP contribution in [0.2, 0.25) is 0 Å². The summed E-state index contributed by atoms with van der Waals surface area (Å²) in [5.41, 5.74) is 3.86. The van der Waals surface area contributed by atoms with Crippen molar-refractivity contribution in [2.75, 3.05) is 18.0 Å². The molecule has 0 atom stereocenters. The Morgan fingerprint density at radius 3 is 2.46 bits per heavy atom. The Kier molecular flexibility index (Phi) is 5.67. The van der Waals surface area contributed by atoms with Crippen LogP contribution in [0.1, 0.15) is 30.0 Å². The summed E-state index contributed by atoms with van der Waals surface area (Å²) in [6, 6.07) is 9.80. The predicted molar refractivity (Wildman–Crippen MR) is 90.4 cm³/mol. The van der Waals surface area contributed by atoms with Crippen molar-refractivity contribution < 1.29 is 14.1 Å². The van der Waals surface area contributed by atoms with Gasteiger partial charge in [0.1, 0.15) is 4.92 Å². The Labute approximate surface area is 138 Å². The van der Waals surface area contributed by atoms with Crippen molar-refractivity contribution in [1.82, 2.24) is 5.43 Å². The summed E-state index contributed by atoms with van der Waals surface area (Å²) < 4.78 is 4.89. The Bertz CT molecular complexity index is 733. The first-order valence-corrected chi connectivity index (χ1v) is 7.47. The summed E-state index contributed by atoms with van der Waals surface area (Å²) in [6.45, 7) is 5.92. The lowest BCUT2D eigenvalue weighted by molar-refractivity contribution is -0.402. The van der Waals surface area contributed by atoms with Crippen molar-refractivity contribution in [3.05, 3.63) is 57.8 Å². The van der Waals surface area contributed by atoms with E-state index in [9.17, 15) is 14.9 Å². The first-order chi connectivity index (χ1) is 11.5. The van der Waals surface area contributed by atoms with Crippen molar-refractivity contribution in [3.8, 4) is 0 Å². The molecule has 0 spiro atoms. The second kappa shape index (κ2) is 7.91. The molecule has 0 aliphatic heterocycles. The molecule has 1 aromatic carbocycles. The van der Waals surface area contributed by atoms with E-state index >= 15 is 0 Å². The smallest absolute Gasteiger partial charge is 0.400 e. The van der Waals surface area contributed by atoms with Crippen LogP contribution in [-0.4, -0.2) is 30.1 Å². The molecule has 1 aromatic heterocycles. The van der Waals surface area contributed by atoms with Crippen LogP contribution in [0.15, 0.2) is 45.9 Å². The van der Waals surface area contributed by atoms with E-state index in [4.69, 9.17) is 4.42 Å². The zero-order valence-electron chi connectivity index (χ0n) is 13.4. The molecular weight excluding hydrogens is 312 g/mol. The van der Waals surface area contributed by atoms with Crippen LogP contribution in [0.4, 0.5) is 11.6 Å². The molecule has 8 heteroatoms. The Morgan fingerprint density at radius 1 is 1.25 bits per heavy atom. The van der Waals surface area contributed by atoms with Crippen LogP contribution in [0.5, 0.6) is 0 Å². The Morgan fingerprint density at radius 2 is 1.92 bits per heavy atom. The summed E-state index contributed by atoms with van der Waals surface area (Å²) in [5.74, 6) is -0.577. The summed E-state index contributed by atoms with van der Waals surface area (Å²) in [6.07, 6.45) is 1.20. The van der Waals surface area contributed by atoms with Gasteiger partial charge < -0.3 is 9.32 Å². The third-order valence-electron chi connectivity index (χ3n) is 3.41. The van der Waals surface area contributed by atoms with Gasteiger partial charge in [-0.15, -0.1) is 0 Å². The van der Waals surface area contributed by atoms with Gasteiger partial charge in [0, 0.05) is 24.3 Å². The molecule has 0 bridgehead atoms. The number of benzene rings is 1. The first-order valence-electron chi connectivity index (χ1n) is 7.47. The fraction of sp³-hybridized carbons (Fsp3) is 0.250. The number of amides is 1. The monoisotopic (exact) mass is 330 g/mol. The molecule has 1 N–H and O–H groups in total. The quantitative estimate of drug-likeness (QED) is 0.478. The molecule has 0 aliphatic rings. The summed E-state index contributed by atoms with van der Waals surface area (Å²) in [5, 5.41) is 14.2. The van der Waals surface area contributed by atoms with Crippen LogP contribution in [0.3, 0.4) is 0 Å². The molecule has 8 nitrogen and oxygen atoms in total. The lowest BCUT2D eigenvalue weighted by Crippen LogP contribution is -2.22. The number of carbonyl (C=O) groups excluding carboxylic acids is 1. The predicted octanol–water partition coefficient (Wildman–Crippen LogP) is 2.80. The number of anilines is 1. The van der Waals surface area contributed by atoms with Crippen molar-refractivity contribution in [3.63, 3.8) is 0 Å². The summed E-state index contributed by atoms with van der Waals surface area (Å²) >= 11 is 0. The number of nitro groups is 1. The van der Waals surface area contributed by atoms with Gasteiger partial charge in [-0.25, -0.2) is 5.43 Å². The zero-order valence-corrected chi connectivity index (χ0v) is 13.4. The van der Waals surface area contributed by atoms with Gasteiger partial charge in [0.25, 0.3) is 5.91 Å². The number of hydrogen-bond donors (Lipinski definition) is 1. The highest BCUT2D eigenvalue weighted by atomic mass is 16.6. The number of nitrogens with one attached hydrogen (secondary N) is 1. The summed E-state index contributed by atoms with van der Waals surface area (Å²) in [4.78, 5) is 24.0. The molecular formula is C16H18N4O4. The van der Waals surface area contributed by atoms with Crippen LogP contribution in [0.25, 0.3) is 0 Å². The minimum Gasteiger partial charge on any atom is -0.400 e. The standard InChI is InChI=1S/C16H18N4O4/c1-3-19(4-2)13-7-5-12(6-8-13)16(21)18-17-11-14-9-10-15(24-14)20(22)23/h5-11H,3-4H2,1-2H3,(H,18,21)/b17-11-. The maximum Gasteiger partial charge on any atom is 0.433 e. The molecule has 1 amide bonds. The molecule has 0 unspecified atom stereocenters. The molecule has 0 saturated heterocycles. The minimum atomic E-state index is -0.645. The molecule has 126 valence electrons. The minimum absolute atomic E-state index is 0.180. The molecule has 0 aliphatic carbocycles. The largest absolute Gasteiger partial charge is 0.433 e. The van der Waals surface area contributed by atoms with Crippen LogP contribution in [0, 0.1) is 10.1 Å². The highest BCUT2D eigenvalue weighted by molar-refractivity contribution is 5.95. The van der Waals surface area contributed by atoms with Gasteiger partial charge in [0.15, 0.2) is 5.76 Å². The van der Waals surface area contributed by atoms with Crippen LogP contribution in [-0.2, 0) is 0 Å². The number of rotatable bonds is 7. The third kappa shape index (κ3) is 4.19. The molecule has 1 heterocycles. The van der Waals surface area contributed by atoms with Crippen molar-refractivity contribution in [2.24, 2.45) is 5.10 Å². The fourth-order valence-corrected chi connectivity index (χ4v) is 2.14. The van der Waals surface area contributed by atoms with Crippen molar-refractivity contribution >= 4 is 23.7 Å². The van der Waals surface area contributed by atoms with Gasteiger partial charge in [-0.1, -0.05) is 0 Å². The van der Waals surface area contributed by atoms with E-state index in [1.807, 2.05) is 12.1 Å². The second-order valence-electron chi connectivity index (χ2n) is 4.85. The van der Waals surface area contributed by atoms with Gasteiger partial charge in [-0.05, 0) is 44.2 Å². The Hall–Kier alpha value is -3.16. The van der Waals surface area contributed by atoms with Gasteiger partial charge in [-0.3, -0.25) is 14.9 Å². The molecule has 0 saturated carbocycles. The fourth-order valence-electron chi connectivity index (χ4n) is 2.14. The van der Waals surface area contributed by atoms with Gasteiger partial charge in [0.2, 0.25) is 0 Å². The van der Waals surface area contributed by atoms with E-state index in [2.05, 4.69) is 29.3 Å². The second-order valence-corrected chi connectivity index (χ2v) is 4.85. The lowest BCUT2D eigenvalue weighted by atomic mass is 10.2. The van der Waals surface area contributed by atoms with E-state index in [1.54, 1.807) is 12.1 Å². The molecule has 0 fully saturated rings. The average molecular weight is 330 g/mol. The van der Waals surface area contributed by atoms with Gasteiger partial charge in [-0.2, -0.15) is 5.10 Å². The maximum absolute atomic E-state index is 12.0. The van der Waals surface area contributed by atoms with Crippen LogP contribution >= 0.6 is 0 Å². The average Bonchev–Trinajstić information content (AvgIpc) is 3.06. The van der Waals surface area contributed by atoms with Crippen LogP contribution < -0.4 is 10.3 Å². The number of hydrazone groups is 1. The molecule has 0 radical (unpaired) electrons. The zero-order chi connectivity index (χ0) is 17.5. The topological polar surface area (TPSA) is 101 Å². The third-order valence-corrected chi connectivity index (χ3v) is 3.41. The normalized spacial score (nSPS) is 10.8. The summed E-state index contributed by atoms with van der Waals surface area (Å²) in [7, 11) is 0. The first kappa shape index (κ1) is 17.2. The maximum atomic E-state index is 12.0. The highest BCUT2D eigenvalue weighted by Crippen LogP contribution is 2.15. The highest BCUT2D eigenvalue weighted by Gasteiger charge is 2.10. The molecule has 2 aromatic rings. The molecule has 2 rings (SSSR count). The van der Waals surface area contributed by atoms with Crippen molar-refractivity contribution in [2.45, 2.75) is 13.8 Å². The van der Waals surface area contributed by atoms with E-state index in [1.165, 1.54) is 18.3 Å². The van der Waals surface area contributed by atoms with E-state index in [-0.39, 0.29) is 17.6 Å². The number of hydrogen-bond acceptors (Lipinski definition) is 6. The molecule has 24 heavy (non-hydrogen) atoms.